The first-order chi connectivity index (χ1) is 13.4. The number of rotatable bonds is 5. The van der Waals surface area contributed by atoms with E-state index in [1.807, 2.05) is 45.0 Å². The molecular formula is C21H21ClN4O2. The van der Waals surface area contributed by atoms with Gasteiger partial charge >= 0.3 is 0 Å². The van der Waals surface area contributed by atoms with Gasteiger partial charge in [0.15, 0.2) is 0 Å². The topological polar surface area (TPSA) is 76.1 Å². The van der Waals surface area contributed by atoms with Gasteiger partial charge in [-0.3, -0.25) is 4.79 Å². The predicted octanol–water partition coefficient (Wildman–Crippen LogP) is 5.06. The smallest absolute Gasteiger partial charge is 0.274 e. The van der Waals surface area contributed by atoms with Crippen LogP contribution in [0.4, 0.5) is 17.3 Å². The van der Waals surface area contributed by atoms with Crippen LogP contribution in [0.25, 0.3) is 0 Å². The maximum atomic E-state index is 12.6. The lowest BCUT2D eigenvalue weighted by Crippen LogP contribution is -2.15. The summed E-state index contributed by atoms with van der Waals surface area (Å²) < 4.78 is 5.35. The largest absolute Gasteiger partial charge is 0.495 e. The summed E-state index contributed by atoms with van der Waals surface area (Å²) in [6.07, 6.45) is 1.53. The van der Waals surface area contributed by atoms with Gasteiger partial charge in [-0.15, -0.1) is 0 Å². The number of ether oxygens (including phenoxy) is 1. The number of amides is 1. The van der Waals surface area contributed by atoms with Crippen LogP contribution in [-0.2, 0) is 0 Å². The molecular weight excluding hydrogens is 376 g/mol. The summed E-state index contributed by atoms with van der Waals surface area (Å²) in [5, 5.41) is 6.57. The van der Waals surface area contributed by atoms with Crippen molar-refractivity contribution in [3.05, 3.63) is 70.0 Å². The molecule has 0 saturated carbocycles. The summed E-state index contributed by atoms with van der Waals surface area (Å²) in [6.45, 7) is 5.85. The van der Waals surface area contributed by atoms with Crippen molar-refractivity contribution >= 4 is 34.8 Å². The summed E-state index contributed by atoms with van der Waals surface area (Å²) >= 11 is 6.14. The highest BCUT2D eigenvalue weighted by molar-refractivity contribution is 6.31. The number of carbonyl (C=O) groups excluding carboxylic acids is 1. The summed E-state index contributed by atoms with van der Waals surface area (Å²) in [7, 11) is 1.56. The highest BCUT2D eigenvalue weighted by atomic mass is 35.5. The highest BCUT2D eigenvalue weighted by Crippen LogP contribution is 2.32. The molecule has 2 aromatic carbocycles. The van der Waals surface area contributed by atoms with E-state index in [2.05, 4.69) is 20.6 Å². The van der Waals surface area contributed by atoms with Crippen LogP contribution in [0.1, 0.15) is 27.2 Å². The maximum Gasteiger partial charge on any atom is 0.274 e. The Morgan fingerprint density at radius 1 is 1.04 bits per heavy atom. The number of nitrogens with one attached hydrogen (secondary N) is 2. The molecule has 1 aromatic heterocycles. The first kappa shape index (κ1) is 19.6. The third-order valence-electron chi connectivity index (χ3n) is 4.25. The van der Waals surface area contributed by atoms with E-state index < -0.39 is 0 Å². The fourth-order valence-corrected chi connectivity index (χ4v) is 2.89. The van der Waals surface area contributed by atoms with Gasteiger partial charge in [0.25, 0.3) is 5.91 Å². The highest BCUT2D eigenvalue weighted by Gasteiger charge is 2.13. The van der Waals surface area contributed by atoms with Gasteiger partial charge in [0.1, 0.15) is 11.4 Å². The molecule has 0 fully saturated rings. The SMILES string of the molecule is COc1cc(Cl)c(C)cc1Nc1nccc(C(=O)Nc2ccc(C)cc2C)n1. The van der Waals surface area contributed by atoms with Gasteiger partial charge < -0.3 is 15.4 Å². The van der Waals surface area contributed by atoms with Crippen LogP contribution in [0, 0.1) is 20.8 Å². The quantitative estimate of drug-likeness (QED) is 0.630. The number of anilines is 3. The van der Waals surface area contributed by atoms with Gasteiger partial charge in [0.2, 0.25) is 5.95 Å². The average molecular weight is 397 g/mol. The van der Waals surface area contributed by atoms with Crippen molar-refractivity contribution in [3.63, 3.8) is 0 Å². The maximum absolute atomic E-state index is 12.6. The molecule has 0 bridgehead atoms. The molecule has 1 amide bonds. The Morgan fingerprint density at radius 2 is 1.82 bits per heavy atom. The second-order valence-electron chi connectivity index (χ2n) is 6.46. The van der Waals surface area contributed by atoms with Crippen molar-refractivity contribution in [3.8, 4) is 5.75 Å². The number of aryl methyl sites for hydroxylation is 3. The molecule has 0 aliphatic carbocycles. The zero-order valence-electron chi connectivity index (χ0n) is 16.1. The van der Waals surface area contributed by atoms with Gasteiger partial charge in [0, 0.05) is 23.0 Å². The fraction of sp³-hybridized carbons (Fsp3) is 0.190. The minimum absolute atomic E-state index is 0.252. The summed E-state index contributed by atoms with van der Waals surface area (Å²) in [6, 6.07) is 11.0. The lowest BCUT2D eigenvalue weighted by atomic mass is 10.1. The number of nitrogens with zero attached hydrogens (tertiary/aromatic N) is 2. The van der Waals surface area contributed by atoms with E-state index in [1.165, 1.54) is 6.20 Å². The van der Waals surface area contributed by atoms with Crippen LogP contribution in [0.5, 0.6) is 5.75 Å². The minimum atomic E-state index is -0.309. The molecule has 0 atom stereocenters. The molecule has 0 spiro atoms. The van der Waals surface area contributed by atoms with E-state index in [0.29, 0.717) is 16.5 Å². The number of hydrogen-bond acceptors (Lipinski definition) is 5. The zero-order valence-corrected chi connectivity index (χ0v) is 16.9. The number of methoxy groups -OCH3 is 1. The molecule has 0 saturated heterocycles. The summed E-state index contributed by atoms with van der Waals surface area (Å²) in [5.74, 6) is 0.536. The van der Waals surface area contributed by atoms with Crippen LogP contribution in [0.2, 0.25) is 5.02 Å². The first-order valence-corrected chi connectivity index (χ1v) is 9.08. The second kappa shape index (κ2) is 8.27. The van der Waals surface area contributed by atoms with Crippen LogP contribution in [0.15, 0.2) is 42.6 Å². The Labute approximate surface area is 168 Å². The Kier molecular flexibility index (Phi) is 5.80. The molecule has 6 nitrogen and oxygen atoms in total. The standard InChI is InChI=1S/C21H21ClN4O2/c1-12-5-6-16(14(3)9-12)24-20(27)17-7-8-23-21(25-17)26-18-10-13(2)15(22)11-19(18)28-4/h5-11H,1-4H3,(H,24,27)(H,23,25,26). The molecule has 0 radical (unpaired) electrons. The zero-order chi connectivity index (χ0) is 20.3. The van der Waals surface area contributed by atoms with Crippen molar-refractivity contribution in [2.24, 2.45) is 0 Å². The Morgan fingerprint density at radius 3 is 2.54 bits per heavy atom. The number of aromatic nitrogens is 2. The summed E-state index contributed by atoms with van der Waals surface area (Å²) in [5.41, 5.74) is 4.67. The first-order valence-electron chi connectivity index (χ1n) is 8.70. The van der Waals surface area contributed by atoms with Gasteiger partial charge in [-0.05, 0) is 50.1 Å². The monoisotopic (exact) mass is 396 g/mol. The number of carbonyl (C=O) groups is 1. The fourth-order valence-electron chi connectivity index (χ4n) is 2.74. The van der Waals surface area contributed by atoms with Gasteiger partial charge in [0.05, 0.1) is 12.8 Å². The average Bonchev–Trinajstić information content (AvgIpc) is 2.67. The van der Waals surface area contributed by atoms with Gasteiger partial charge in [-0.2, -0.15) is 0 Å². The van der Waals surface area contributed by atoms with Gasteiger partial charge in [-0.1, -0.05) is 29.3 Å². The molecule has 3 aromatic rings. The Balaban J connectivity index is 1.82. The number of halogens is 1. The van der Waals surface area contributed by atoms with E-state index >= 15 is 0 Å². The predicted molar refractivity (Wildman–Crippen MR) is 112 cm³/mol. The minimum Gasteiger partial charge on any atom is -0.495 e. The third-order valence-corrected chi connectivity index (χ3v) is 4.65. The Bertz CT molecular complexity index is 1040. The van der Waals surface area contributed by atoms with Crippen LogP contribution in [-0.4, -0.2) is 23.0 Å². The lowest BCUT2D eigenvalue weighted by Gasteiger charge is -2.13. The molecule has 1 heterocycles. The van der Waals surface area contributed by atoms with Crippen molar-refractivity contribution in [1.82, 2.24) is 9.97 Å². The van der Waals surface area contributed by atoms with Gasteiger partial charge in [-0.25, -0.2) is 9.97 Å². The molecule has 0 aliphatic heterocycles. The molecule has 2 N–H and O–H groups in total. The van der Waals surface area contributed by atoms with Crippen LogP contribution >= 0.6 is 11.6 Å². The number of benzene rings is 2. The molecule has 7 heteroatoms. The van der Waals surface area contributed by atoms with Crippen molar-refractivity contribution in [2.75, 3.05) is 17.7 Å². The van der Waals surface area contributed by atoms with E-state index in [4.69, 9.17) is 16.3 Å². The Hall–Kier alpha value is -3.12. The normalized spacial score (nSPS) is 10.5. The van der Waals surface area contributed by atoms with Crippen molar-refractivity contribution in [1.29, 1.82) is 0 Å². The second-order valence-corrected chi connectivity index (χ2v) is 6.87. The molecule has 0 aliphatic rings. The number of hydrogen-bond donors (Lipinski definition) is 2. The van der Waals surface area contributed by atoms with E-state index in [-0.39, 0.29) is 17.5 Å². The molecule has 144 valence electrons. The van der Waals surface area contributed by atoms with Crippen molar-refractivity contribution in [2.45, 2.75) is 20.8 Å². The summed E-state index contributed by atoms with van der Waals surface area (Å²) in [4.78, 5) is 21.1. The van der Waals surface area contributed by atoms with E-state index in [1.54, 1.807) is 19.2 Å². The molecule has 0 unspecified atom stereocenters. The third kappa shape index (κ3) is 4.40. The molecule has 3 rings (SSSR count). The van der Waals surface area contributed by atoms with Crippen LogP contribution < -0.4 is 15.4 Å². The molecule has 28 heavy (non-hydrogen) atoms. The van der Waals surface area contributed by atoms with E-state index in [0.717, 1.165) is 22.4 Å². The lowest BCUT2D eigenvalue weighted by molar-refractivity contribution is 0.102. The van der Waals surface area contributed by atoms with Crippen molar-refractivity contribution < 1.29 is 9.53 Å². The van der Waals surface area contributed by atoms with E-state index in [9.17, 15) is 4.79 Å². The van der Waals surface area contributed by atoms with Crippen LogP contribution in [0.3, 0.4) is 0 Å².